The summed E-state index contributed by atoms with van der Waals surface area (Å²) in [6, 6.07) is 0. The van der Waals surface area contributed by atoms with Crippen LogP contribution in [0.1, 0.15) is 19.3 Å². The van der Waals surface area contributed by atoms with Gasteiger partial charge in [0.2, 0.25) is 5.91 Å². The summed E-state index contributed by atoms with van der Waals surface area (Å²) in [6.07, 6.45) is -4.52. The maximum absolute atomic E-state index is 11.8. The van der Waals surface area contributed by atoms with Crippen LogP contribution in [0.15, 0.2) is 0 Å². The first kappa shape index (κ1) is 16.2. The van der Waals surface area contributed by atoms with Gasteiger partial charge in [0, 0.05) is 26.6 Å². The molecule has 0 heterocycles. The molecule has 0 bridgehead atoms. The fourth-order valence-corrected chi connectivity index (χ4v) is 1.12. The molecule has 0 fully saturated rings. The van der Waals surface area contributed by atoms with Crippen molar-refractivity contribution in [1.29, 1.82) is 0 Å². The fraction of sp³-hybridized carbons (Fsp3) is 0.900. The zero-order chi connectivity index (χ0) is 13.1. The Labute approximate surface area is 98.9 Å². The smallest absolute Gasteiger partial charge is 0.383 e. The Hall–Kier alpha value is -0.820. The van der Waals surface area contributed by atoms with Crippen LogP contribution in [0.4, 0.5) is 13.2 Å². The van der Waals surface area contributed by atoms with Crippen LogP contribution < -0.4 is 10.6 Å². The van der Waals surface area contributed by atoms with Crippen LogP contribution in [0, 0.1) is 0 Å². The SMILES string of the molecule is COCCNCC(=O)NCCCCC(F)(F)F. The molecule has 0 aromatic rings. The lowest BCUT2D eigenvalue weighted by Crippen LogP contribution is -2.35. The van der Waals surface area contributed by atoms with Crippen LogP contribution in [0.25, 0.3) is 0 Å². The molecular weight excluding hydrogens is 237 g/mol. The van der Waals surface area contributed by atoms with Gasteiger partial charge in [-0.25, -0.2) is 0 Å². The predicted molar refractivity (Wildman–Crippen MR) is 57.7 cm³/mol. The first-order valence-corrected chi connectivity index (χ1v) is 5.49. The lowest BCUT2D eigenvalue weighted by molar-refractivity contribution is -0.135. The molecule has 1 amide bonds. The highest BCUT2D eigenvalue weighted by atomic mass is 19.4. The minimum Gasteiger partial charge on any atom is -0.383 e. The molecule has 0 unspecified atom stereocenters. The van der Waals surface area contributed by atoms with E-state index in [0.717, 1.165) is 0 Å². The molecule has 0 rings (SSSR count). The summed E-state index contributed by atoms with van der Waals surface area (Å²) in [7, 11) is 1.56. The standard InChI is InChI=1S/C10H19F3N2O2/c1-17-7-6-14-8-9(16)15-5-3-2-4-10(11,12)13/h14H,2-8H2,1H3,(H,15,16). The topological polar surface area (TPSA) is 50.4 Å². The Morgan fingerprint density at radius 2 is 1.94 bits per heavy atom. The van der Waals surface area contributed by atoms with E-state index >= 15 is 0 Å². The van der Waals surface area contributed by atoms with Gasteiger partial charge in [-0.05, 0) is 12.8 Å². The van der Waals surface area contributed by atoms with Gasteiger partial charge in [-0.2, -0.15) is 13.2 Å². The van der Waals surface area contributed by atoms with Crippen LogP contribution >= 0.6 is 0 Å². The Morgan fingerprint density at radius 3 is 2.53 bits per heavy atom. The highest BCUT2D eigenvalue weighted by molar-refractivity contribution is 5.77. The van der Waals surface area contributed by atoms with E-state index in [2.05, 4.69) is 10.6 Å². The van der Waals surface area contributed by atoms with Crippen molar-refractivity contribution < 1.29 is 22.7 Å². The number of methoxy groups -OCH3 is 1. The first-order chi connectivity index (χ1) is 7.95. The molecular formula is C10H19F3N2O2. The number of rotatable bonds is 9. The average molecular weight is 256 g/mol. The molecule has 0 saturated heterocycles. The third kappa shape index (κ3) is 13.1. The van der Waals surface area contributed by atoms with Crippen molar-refractivity contribution in [1.82, 2.24) is 10.6 Å². The van der Waals surface area contributed by atoms with Gasteiger partial charge < -0.3 is 15.4 Å². The summed E-state index contributed by atoms with van der Waals surface area (Å²) < 4.78 is 40.1. The number of hydrogen-bond acceptors (Lipinski definition) is 3. The second-order valence-corrected chi connectivity index (χ2v) is 3.59. The molecule has 0 atom stereocenters. The fourth-order valence-electron chi connectivity index (χ4n) is 1.12. The van der Waals surface area contributed by atoms with Gasteiger partial charge in [-0.15, -0.1) is 0 Å². The zero-order valence-corrected chi connectivity index (χ0v) is 9.90. The number of hydrogen-bond donors (Lipinski definition) is 2. The largest absolute Gasteiger partial charge is 0.389 e. The third-order valence-corrected chi connectivity index (χ3v) is 1.98. The summed E-state index contributed by atoms with van der Waals surface area (Å²) in [6.45, 7) is 1.51. The Bertz CT molecular complexity index is 210. The zero-order valence-electron chi connectivity index (χ0n) is 9.90. The molecule has 0 radical (unpaired) electrons. The molecule has 2 N–H and O–H groups in total. The summed E-state index contributed by atoms with van der Waals surface area (Å²) in [5.74, 6) is -0.215. The van der Waals surface area contributed by atoms with Gasteiger partial charge in [0.1, 0.15) is 0 Å². The number of ether oxygens (including phenoxy) is 1. The van der Waals surface area contributed by atoms with Gasteiger partial charge >= 0.3 is 6.18 Å². The van der Waals surface area contributed by atoms with Crippen LogP contribution in [-0.2, 0) is 9.53 Å². The number of carbonyl (C=O) groups is 1. The number of amides is 1. The average Bonchev–Trinajstić information content (AvgIpc) is 2.22. The van der Waals surface area contributed by atoms with Crippen molar-refractivity contribution in [3.05, 3.63) is 0 Å². The molecule has 17 heavy (non-hydrogen) atoms. The molecule has 0 aliphatic rings. The van der Waals surface area contributed by atoms with E-state index in [1.165, 1.54) is 0 Å². The third-order valence-electron chi connectivity index (χ3n) is 1.98. The Kier molecular flexibility index (Phi) is 8.79. The van der Waals surface area contributed by atoms with Crippen molar-refractivity contribution in [3.63, 3.8) is 0 Å². The van der Waals surface area contributed by atoms with E-state index < -0.39 is 12.6 Å². The lowest BCUT2D eigenvalue weighted by Gasteiger charge is -2.07. The van der Waals surface area contributed by atoms with Crippen LogP contribution in [0.5, 0.6) is 0 Å². The number of carbonyl (C=O) groups excluding carboxylic acids is 1. The Balaban J connectivity index is 3.28. The van der Waals surface area contributed by atoms with Crippen molar-refractivity contribution in [2.75, 3.05) is 33.4 Å². The van der Waals surface area contributed by atoms with E-state index in [-0.39, 0.29) is 25.4 Å². The van der Waals surface area contributed by atoms with E-state index in [1.807, 2.05) is 0 Å². The monoisotopic (exact) mass is 256 g/mol. The van der Waals surface area contributed by atoms with Gasteiger partial charge in [0.25, 0.3) is 0 Å². The molecule has 4 nitrogen and oxygen atoms in total. The molecule has 7 heteroatoms. The number of alkyl halides is 3. The highest BCUT2D eigenvalue weighted by Gasteiger charge is 2.25. The summed E-state index contributed by atoms with van der Waals surface area (Å²) in [4.78, 5) is 11.1. The lowest BCUT2D eigenvalue weighted by atomic mass is 10.2. The van der Waals surface area contributed by atoms with E-state index in [9.17, 15) is 18.0 Å². The predicted octanol–water partition coefficient (Wildman–Crippen LogP) is 1.07. The van der Waals surface area contributed by atoms with Crippen molar-refractivity contribution in [2.45, 2.75) is 25.4 Å². The van der Waals surface area contributed by atoms with Crippen molar-refractivity contribution in [2.24, 2.45) is 0 Å². The minimum atomic E-state index is -4.11. The molecule has 0 aliphatic heterocycles. The van der Waals surface area contributed by atoms with Crippen molar-refractivity contribution in [3.8, 4) is 0 Å². The molecule has 0 spiro atoms. The van der Waals surface area contributed by atoms with Gasteiger partial charge in [0.15, 0.2) is 0 Å². The van der Waals surface area contributed by atoms with Gasteiger partial charge in [-0.1, -0.05) is 0 Å². The molecule has 0 aliphatic carbocycles. The number of unbranched alkanes of at least 4 members (excludes halogenated alkanes) is 1. The summed E-state index contributed by atoms with van der Waals surface area (Å²) in [5.41, 5.74) is 0. The van der Waals surface area contributed by atoms with Crippen LogP contribution in [0.3, 0.4) is 0 Å². The van der Waals surface area contributed by atoms with Crippen LogP contribution in [-0.4, -0.2) is 45.4 Å². The van der Waals surface area contributed by atoms with Gasteiger partial charge in [-0.3, -0.25) is 4.79 Å². The van der Waals surface area contributed by atoms with Gasteiger partial charge in [0.05, 0.1) is 13.2 Å². The maximum atomic E-state index is 11.8. The van der Waals surface area contributed by atoms with E-state index in [1.54, 1.807) is 7.11 Å². The normalized spacial score (nSPS) is 11.5. The molecule has 0 aromatic carbocycles. The molecule has 0 saturated carbocycles. The maximum Gasteiger partial charge on any atom is 0.389 e. The molecule has 0 aromatic heterocycles. The number of halogens is 3. The Morgan fingerprint density at radius 1 is 1.24 bits per heavy atom. The minimum absolute atomic E-state index is 0.0425. The highest BCUT2D eigenvalue weighted by Crippen LogP contribution is 2.21. The van der Waals surface area contributed by atoms with E-state index in [4.69, 9.17) is 4.74 Å². The molecule has 102 valence electrons. The second kappa shape index (κ2) is 9.23. The first-order valence-electron chi connectivity index (χ1n) is 5.49. The second-order valence-electron chi connectivity index (χ2n) is 3.59. The number of nitrogens with one attached hydrogen (secondary N) is 2. The van der Waals surface area contributed by atoms with E-state index in [0.29, 0.717) is 19.6 Å². The van der Waals surface area contributed by atoms with Crippen LogP contribution in [0.2, 0.25) is 0 Å². The quantitative estimate of drug-likeness (QED) is 0.607. The summed E-state index contributed by atoms with van der Waals surface area (Å²) in [5, 5.41) is 5.37. The summed E-state index contributed by atoms with van der Waals surface area (Å²) >= 11 is 0. The van der Waals surface area contributed by atoms with Crippen molar-refractivity contribution >= 4 is 5.91 Å².